The minimum Gasteiger partial charge on any atom is -0.340 e. The van der Waals surface area contributed by atoms with Crippen molar-refractivity contribution in [2.45, 2.75) is 71.4 Å². The van der Waals surface area contributed by atoms with E-state index >= 15 is 0 Å². The maximum absolute atomic E-state index is 12.3. The number of hydrogen-bond donors (Lipinski definition) is 1. The van der Waals surface area contributed by atoms with Crippen LogP contribution >= 0.6 is 0 Å². The molecule has 2 unspecified atom stereocenters. The standard InChI is InChI=1S/C14H28N2O/c1-4-12-8-6-5-7-9-16(12)14(17)10-13(15)11(2)3/h11-13H,4-10,15H2,1-3H3. The van der Waals surface area contributed by atoms with Crippen molar-refractivity contribution >= 4 is 5.91 Å². The summed E-state index contributed by atoms with van der Waals surface area (Å²) in [6, 6.07) is 0.452. The van der Waals surface area contributed by atoms with E-state index in [-0.39, 0.29) is 11.9 Å². The lowest BCUT2D eigenvalue weighted by Crippen LogP contribution is -2.43. The summed E-state index contributed by atoms with van der Waals surface area (Å²) in [4.78, 5) is 14.4. The van der Waals surface area contributed by atoms with Crippen LogP contribution in [0.4, 0.5) is 0 Å². The van der Waals surface area contributed by atoms with Gasteiger partial charge in [0.2, 0.25) is 5.91 Å². The molecule has 17 heavy (non-hydrogen) atoms. The molecule has 1 heterocycles. The first-order valence-electron chi connectivity index (χ1n) is 7.11. The molecule has 0 bridgehead atoms. The van der Waals surface area contributed by atoms with Gasteiger partial charge in [0.1, 0.15) is 0 Å². The molecule has 0 aromatic carbocycles. The van der Waals surface area contributed by atoms with E-state index in [0.29, 0.717) is 18.4 Å². The van der Waals surface area contributed by atoms with Gasteiger partial charge in [0.15, 0.2) is 0 Å². The first-order valence-corrected chi connectivity index (χ1v) is 7.11. The van der Waals surface area contributed by atoms with Crippen LogP contribution in [0, 0.1) is 5.92 Å². The molecule has 1 saturated heterocycles. The summed E-state index contributed by atoms with van der Waals surface area (Å²) < 4.78 is 0. The van der Waals surface area contributed by atoms with Crippen molar-refractivity contribution < 1.29 is 4.79 Å². The number of likely N-dealkylation sites (tertiary alicyclic amines) is 1. The monoisotopic (exact) mass is 240 g/mol. The van der Waals surface area contributed by atoms with Gasteiger partial charge in [-0.3, -0.25) is 4.79 Å². The SMILES string of the molecule is CCC1CCCCCN1C(=O)CC(N)C(C)C. The smallest absolute Gasteiger partial charge is 0.224 e. The third-order valence-corrected chi connectivity index (χ3v) is 3.94. The lowest BCUT2D eigenvalue weighted by Gasteiger charge is -2.30. The van der Waals surface area contributed by atoms with Crippen LogP contribution in [-0.4, -0.2) is 29.4 Å². The Balaban J connectivity index is 2.57. The van der Waals surface area contributed by atoms with Gasteiger partial charge in [0.05, 0.1) is 0 Å². The first kappa shape index (κ1) is 14.5. The van der Waals surface area contributed by atoms with Crippen molar-refractivity contribution in [2.75, 3.05) is 6.54 Å². The Hall–Kier alpha value is -0.570. The number of rotatable bonds is 4. The molecular formula is C14H28N2O. The van der Waals surface area contributed by atoms with E-state index in [1.54, 1.807) is 0 Å². The Morgan fingerprint density at radius 2 is 2.06 bits per heavy atom. The fraction of sp³-hybridized carbons (Fsp3) is 0.929. The highest BCUT2D eigenvalue weighted by Gasteiger charge is 2.25. The zero-order chi connectivity index (χ0) is 12.8. The molecule has 2 atom stereocenters. The van der Waals surface area contributed by atoms with Crippen molar-refractivity contribution in [3.05, 3.63) is 0 Å². The van der Waals surface area contributed by atoms with E-state index in [0.717, 1.165) is 19.4 Å². The largest absolute Gasteiger partial charge is 0.340 e. The van der Waals surface area contributed by atoms with Crippen LogP contribution in [0.25, 0.3) is 0 Å². The lowest BCUT2D eigenvalue weighted by atomic mass is 10.0. The average Bonchev–Trinajstić information content (AvgIpc) is 2.53. The molecule has 0 saturated carbocycles. The van der Waals surface area contributed by atoms with Gasteiger partial charge in [-0.15, -0.1) is 0 Å². The summed E-state index contributed by atoms with van der Waals surface area (Å²) in [5.74, 6) is 0.644. The fourth-order valence-electron chi connectivity index (χ4n) is 2.48. The maximum atomic E-state index is 12.3. The Morgan fingerprint density at radius 3 is 2.65 bits per heavy atom. The summed E-state index contributed by atoms with van der Waals surface area (Å²) in [7, 11) is 0. The molecule has 0 aromatic heterocycles. The van der Waals surface area contributed by atoms with Crippen molar-refractivity contribution in [1.29, 1.82) is 0 Å². The average molecular weight is 240 g/mol. The molecule has 0 radical (unpaired) electrons. The van der Waals surface area contributed by atoms with Gasteiger partial charge in [-0.25, -0.2) is 0 Å². The van der Waals surface area contributed by atoms with Crippen LogP contribution in [0.15, 0.2) is 0 Å². The predicted octanol–water partition coefficient (Wildman–Crippen LogP) is 2.54. The Kier molecular flexibility index (Phi) is 5.96. The maximum Gasteiger partial charge on any atom is 0.224 e. The molecule has 0 aliphatic carbocycles. The first-order chi connectivity index (χ1) is 8.06. The highest BCUT2D eigenvalue weighted by atomic mass is 16.2. The fourth-order valence-corrected chi connectivity index (χ4v) is 2.48. The van der Waals surface area contributed by atoms with Gasteiger partial charge < -0.3 is 10.6 Å². The van der Waals surface area contributed by atoms with Crippen molar-refractivity contribution in [1.82, 2.24) is 4.90 Å². The molecule has 1 aliphatic rings. The Labute approximate surface area is 106 Å². The van der Waals surface area contributed by atoms with E-state index in [1.807, 2.05) is 0 Å². The summed E-state index contributed by atoms with van der Waals surface area (Å²) in [5.41, 5.74) is 6.00. The normalized spacial score (nSPS) is 23.6. The van der Waals surface area contributed by atoms with Crippen molar-refractivity contribution in [2.24, 2.45) is 11.7 Å². The number of nitrogens with zero attached hydrogens (tertiary/aromatic N) is 1. The molecule has 1 rings (SSSR count). The summed E-state index contributed by atoms with van der Waals surface area (Å²) in [5, 5.41) is 0. The molecular weight excluding hydrogens is 212 g/mol. The molecule has 0 spiro atoms. The molecule has 0 aromatic rings. The van der Waals surface area contributed by atoms with E-state index in [1.165, 1.54) is 19.3 Å². The van der Waals surface area contributed by atoms with Crippen molar-refractivity contribution in [3.63, 3.8) is 0 Å². The number of carbonyl (C=O) groups is 1. The van der Waals surface area contributed by atoms with E-state index in [9.17, 15) is 4.79 Å². The Bertz CT molecular complexity index is 240. The number of nitrogens with two attached hydrogens (primary N) is 1. The van der Waals surface area contributed by atoms with Gasteiger partial charge in [-0.2, -0.15) is 0 Å². The minimum atomic E-state index is 0.00302. The molecule has 100 valence electrons. The lowest BCUT2D eigenvalue weighted by molar-refractivity contribution is -0.134. The highest BCUT2D eigenvalue weighted by Crippen LogP contribution is 2.20. The van der Waals surface area contributed by atoms with E-state index in [2.05, 4.69) is 25.7 Å². The second-order valence-electron chi connectivity index (χ2n) is 5.61. The van der Waals surface area contributed by atoms with Crippen LogP contribution in [0.1, 0.15) is 59.3 Å². The van der Waals surface area contributed by atoms with Crippen LogP contribution in [0.3, 0.4) is 0 Å². The highest BCUT2D eigenvalue weighted by molar-refractivity contribution is 5.77. The predicted molar refractivity (Wildman–Crippen MR) is 71.7 cm³/mol. The molecule has 1 fully saturated rings. The second kappa shape index (κ2) is 7.00. The van der Waals surface area contributed by atoms with Crippen molar-refractivity contribution in [3.8, 4) is 0 Å². The molecule has 3 heteroatoms. The topological polar surface area (TPSA) is 46.3 Å². The Morgan fingerprint density at radius 1 is 1.35 bits per heavy atom. The van der Waals surface area contributed by atoms with Gasteiger partial charge in [-0.05, 0) is 25.2 Å². The quantitative estimate of drug-likeness (QED) is 0.821. The summed E-state index contributed by atoms with van der Waals surface area (Å²) in [6.07, 6.45) is 6.42. The van der Waals surface area contributed by atoms with E-state index in [4.69, 9.17) is 5.73 Å². The summed E-state index contributed by atoms with van der Waals surface area (Å²) >= 11 is 0. The molecule has 2 N–H and O–H groups in total. The molecule has 1 aliphatic heterocycles. The van der Waals surface area contributed by atoms with Crippen LogP contribution in [0.2, 0.25) is 0 Å². The summed E-state index contributed by atoms with van der Waals surface area (Å²) in [6.45, 7) is 7.27. The van der Waals surface area contributed by atoms with Gasteiger partial charge in [-0.1, -0.05) is 33.6 Å². The van der Waals surface area contributed by atoms with Gasteiger partial charge in [0.25, 0.3) is 0 Å². The molecule has 1 amide bonds. The minimum absolute atomic E-state index is 0.00302. The van der Waals surface area contributed by atoms with Crippen LogP contribution in [-0.2, 0) is 4.79 Å². The number of hydrogen-bond acceptors (Lipinski definition) is 2. The third-order valence-electron chi connectivity index (χ3n) is 3.94. The molecule has 3 nitrogen and oxygen atoms in total. The number of carbonyl (C=O) groups excluding carboxylic acids is 1. The van der Waals surface area contributed by atoms with Crippen LogP contribution < -0.4 is 5.73 Å². The van der Waals surface area contributed by atoms with E-state index < -0.39 is 0 Å². The zero-order valence-electron chi connectivity index (χ0n) is 11.6. The number of amides is 1. The van der Waals surface area contributed by atoms with Gasteiger partial charge >= 0.3 is 0 Å². The van der Waals surface area contributed by atoms with Gasteiger partial charge in [0, 0.05) is 25.0 Å². The second-order valence-corrected chi connectivity index (χ2v) is 5.61. The van der Waals surface area contributed by atoms with Crippen LogP contribution in [0.5, 0.6) is 0 Å². The zero-order valence-corrected chi connectivity index (χ0v) is 11.6. The third kappa shape index (κ3) is 4.30.